The molecule has 2 saturated heterocycles. The van der Waals surface area contributed by atoms with Crippen LogP contribution in [0.4, 0.5) is 0 Å². The molecule has 6 aliphatic rings. The summed E-state index contributed by atoms with van der Waals surface area (Å²) in [5, 5.41) is 9.48. The number of carbonyl (C=O) groups is 6. The lowest BCUT2D eigenvalue weighted by molar-refractivity contribution is -0.156. The molecule has 4 fully saturated rings. The number of nitrogens with zero attached hydrogens (tertiary/aromatic N) is 2. The molecule has 4 aliphatic heterocycles. The fourth-order valence-corrected chi connectivity index (χ4v) is 17.6. The molecule has 18 nitrogen and oxygen atoms in total. The Kier molecular flexibility index (Phi) is 21.1. The van der Waals surface area contributed by atoms with E-state index in [1.165, 1.54) is 0 Å². The number of imide groups is 2. The first kappa shape index (κ1) is 79.4. The first-order chi connectivity index (χ1) is 56.4. The van der Waals surface area contributed by atoms with Crippen LogP contribution in [-0.2, 0) is 63.0 Å². The second-order valence-corrected chi connectivity index (χ2v) is 37.1. The highest BCUT2D eigenvalue weighted by Crippen LogP contribution is 2.59. The average Bonchev–Trinajstić information content (AvgIpc) is 0.845. The first-order valence-electron chi connectivity index (χ1n) is 41.9. The molecule has 608 valence electrons. The third-order valence-electron chi connectivity index (χ3n) is 24.4. The summed E-state index contributed by atoms with van der Waals surface area (Å²) in [6.45, 7) is 28.3. The van der Waals surface area contributed by atoms with Crippen molar-refractivity contribution >= 4 is 78.7 Å². The Bertz CT molecular complexity index is 5100. The molecule has 0 radical (unpaired) electrons. The van der Waals surface area contributed by atoms with Crippen LogP contribution >= 0.6 is 0 Å². The summed E-state index contributed by atoms with van der Waals surface area (Å²) in [6, 6.07) is 53.3. The van der Waals surface area contributed by atoms with E-state index in [0.29, 0.717) is 118 Å². The SMILES string of the molecule is CC(C)(C)c1ccc(Oc2cc3c4c(cc(Oc5ccc(C(C)(C)C)cc5)c5c6c(Oc7ccc(C(C)(C)C)cc7)cc7c8c(cc(Oc9ccc(C(C)(C)C)cc9)c(c2c45)c86)C(=O)N(C(Cc2ccccc2)C(=O)OC2CCCC(NCC4CO4)C2)C7=O)C(=O)N(C(Cc2ccccc2)C(=O)OC2CCCC(NCC4CO4)C2)C3=O)cc1. The van der Waals surface area contributed by atoms with Gasteiger partial charge in [0.05, 0.1) is 47.7 Å². The van der Waals surface area contributed by atoms with E-state index in [1.807, 2.05) is 158 Å². The molecule has 2 saturated carbocycles. The third-order valence-corrected chi connectivity index (χ3v) is 24.4. The molecule has 0 bridgehead atoms. The van der Waals surface area contributed by atoms with E-state index in [4.69, 9.17) is 37.9 Å². The molecule has 0 spiro atoms. The van der Waals surface area contributed by atoms with Gasteiger partial charge >= 0.3 is 11.9 Å². The predicted octanol–water partition coefficient (Wildman–Crippen LogP) is 20.2. The van der Waals surface area contributed by atoms with Gasteiger partial charge in [-0.1, -0.05) is 192 Å². The molecule has 118 heavy (non-hydrogen) atoms. The highest BCUT2D eigenvalue weighted by Gasteiger charge is 2.48. The van der Waals surface area contributed by atoms with Crippen LogP contribution in [-0.4, -0.2) is 120 Å². The van der Waals surface area contributed by atoms with E-state index in [9.17, 15) is 0 Å². The van der Waals surface area contributed by atoms with Crippen molar-refractivity contribution in [2.24, 2.45) is 0 Å². The number of ether oxygens (including phenoxy) is 8. The zero-order valence-corrected chi connectivity index (χ0v) is 69.4. The number of amides is 4. The Morgan fingerprint density at radius 3 is 0.898 bits per heavy atom. The monoisotopic (exact) mass is 1580 g/mol. The number of carbonyl (C=O) groups excluding carboxylic acids is 6. The lowest BCUT2D eigenvalue weighted by Gasteiger charge is -2.36. The topological polar surface area (TPSA) is 213 Å². The first-order valence-corrected chi connectivity index (χ1v) is 41.9. The summed E-state index contributed by atoms with van der Waals surface area (Å²) < 4.78 is 54.2. The fourth-order valence-electron chi connectivity index (χ4n) is 17.6. The van der Waals surface area contributed by atoms with Crippen LogP contribution in [0.2, 0.25) is 0 Å². The predicted molar refractivity (Wildman–Crippen MR) is 457 cm³/mol. The quantitative estimate of drug-likeness (QED) is 0.0189. The number of hydrogen-bond acceptors (Lipinski definition) is 16. The Balaban J connectivity index is 0.954. The Labute approximate surface area is 689 Å². The number of benzene rings is 11. The van der Waals surface area contributed by atoms with E-state index < -0.39 is 59.9 Å². The Hall–Kier alpha value is -11.0. The molecular formula is C100H104N4O14. The minimum Gasteiger partial charge on any atom is -0.461 e. The van der Waals surface area contributed by atoms with Crippen molar-refractivity contribution in [3.63, 3.8) is 0 Å². The van der Waals surface area contributed by atoms with Crippen LogP contribution < -0.4 is 29.6 Å². The summed E-state index contributed by atoms with van der Waals surface area (Å²) in [6.07, 6.45) is 4.65. The van der Waals surface area contributed by atoms with Gasteiger partial charge in [0.2, 0.25) is 0 Å². The molecule has 17 rings (SSSR count). The van der Waals surface area contributed by atoms with E-state index in [0.717, 1.165) is 57.7 Å². The van der Waals surface area contributed by atoms with E-state index in [2.05, 4.69) is 93.7 Å². The van der Waals surface area contributed by atoms with E-state index >= 15 is 28.8 Å². The zero-order chi connectivity index (χ0) is 82.4. The van der Waals surface area contributed by atoms with Crippen molar-refractivity contribution in [3.05, 3.63) is 238 Å². The summed E-state index contributed by atoms with van der Waals surface area (Å²) in [4.78, 5) is 101. The van der Waals surface area contributed by atoms with Crippen molar-refractivity contribution in [2.75, 3.05) is 26.3 Å². The van der Waals surface area contributed by atoms with Crippen LogP contribution in [0, 0.1) is 0 Å². The third kappa shape index (κ3) is 16.2. The molecule has 18 heteroatoms. The highest BCUT2D eigenvalue weighted by atomic mass is 16.6. The van der Waals surface area contributed by atoms with Gasteiger partial charge < -0.3 is 48.5 Å². The van der Waals surface area contributed by atoms with Gasteiger partial charge in [0, 0.05) is 81.1 Å². The fraction of sp³-hybridized carbons (Fsp3) is 0.380. The molecule has 8 unspecified atom stereocenters. The summed E-state index contributed by atoms with van der Waals surface area (Å²) in [7, 11) is 0. The van der Waals surface area contributed by atoms with Crippen LogP contribution in [0.3, 0.4) is 0 Å². The summed E-state index contributed by atoms with van der Waals surface area (Å²) in [5.41, 5.74) is 4.45. The van der Waals surface area contributed by atoms with Crippen LogP contribution in [0.5, 0.6) is 46.0 Å². The van der Waals surface area contributed by atoms with Crippen molar-refractivity contribution < 1.29 is 66.7 Å². The maximum atomic E-state index is 16.9. The summed E-state index contributed by atoms with van der Waals surface area (Å²) in [5.74, 6) is -2.71. The molecule has 4 heterocycles. The Morgan fingerprint density at radius 1 is 0.373 bits per heavy atom. The standard InChI is InChI=1S/C100H104N4O14/c1-97(2,3)59-29-37-65(38-30-59)113-79-49-73-83-74(92(106)103(91(73)105)77(45-57-21-15-13-16-22-57)95(109)117-69-27-19-25-63(47-69)101-53-71-55-111-71)51-81(115-67-41-33-61(34-42-67)99(7,8)9)87-88-82(116-68-43-35-62(36-44-68)100(10,11)12)52-76-84-75(50-80(86(90(84)88)85(79)89(83)87)114-66-39-31-60(32-40-66)98(4,5)6)93(107)104(94(76)108)78(46-58-23-17-14-18-24-58)96(110)118-70-28-20-26-64(48-70)102-54-72-56-112-72/h13-18,21-24,29-44,49-52,63-64,69-72,77-78,101-102H,19-20,25-28,45-48,53-56H2,1-12H3. The number of esters is 2. The number of fused-ring (bicyclic) bond motifs is 2. The molecule has 2 N–H and O–H groups in total. The van der Waals surface area contributed by atoms with Crippen molar-refractivity contribution in [1.82, 2.24) is 20.4 Å². The van der Waals surface area contributed by atoms with Gasteiger partial charge in [0.1, 0.15) is 70.3 Å². The molecule has 11 aromatic rings. The average molecular weight is 1590 g/mol. The number of nitrogens with one attached hydrogen (secondary N) is 2. The molecule has 8 atom stereocenters. The molecule has 2 aliphatic carbocycles. The zero-order valence-electron chi connectivity index (χ0n) is 69.4. The number of rotatable bonds is 24. The maximum absolute atomic E-state index is 16.9. The van der Waals surface area contributed by atoms with Crippen molar-refractivity contribution in [1.29, 1.82) is 0 Å². The van der Waals surface area contributed by atoms with Gasteiger partial charge in [-0.25, -0.2) is 9.59 Å². The van der Waals surface area contributed by atoms with Gasteiger partial charge in [-0.15, -0.1) is 0 Å². The maximum Gasteiger partial charge on any atom is 0.330 e. The largest absolute Gasteiger partial charge is 0.461 e. The highest BCUT2D eigenvalue weighted by molar-refractivity contribution is 6.45. The molecule has 11 aromatic carbocycles. The van der Waals surface area contributed by atoms with E-state index in [-0.39, 0.29) is 115 Å². The molecular weight excluding hydrogens is 1480 g/mol. The van der Waals surface area contributed by atoms with Gasteiger partial charge in [-0.05, 0) is 179 Å². The van der Waals surface area contributed by atoms with Gasteiger partial charge in [-0.3, -0.25) is 29.0 Å². The van der Waals surface area contributed by atoms with Gasteiger partial charge in [0.15, 0.2) is 0 Å². The Morgan fingerprint density at radius 2 is 0.644 bits per heavy atom. The molecule has 0 aromatic heterocycles. The van der Waals surface area contributed by atoms with Crippen molar-refractivity contribution in [2.45, 2.75) is 218 Å². The van der Waals surface area contributed by atoms with Gasteiger partial charge in [0.25, 0.3) is 23.6 Å². The summed E-state index contributed by atoms with van der Waals surface area (Å²) >= 11 is 0. The van der Waals surface area contributed by atoms with E-state index in [1.54, 1.807) is 24.3 Å². The number of epoxide rings is 2. The van der Waals surface area contributed by atoms with Crippen molar-refractivity contribution in [3.8, 4) is 46.0 Å². The van der Waals surface area contributed by atoms with Crippen LogP contribution in [0.15, 0.2) is 182 Å². The van der Waals surface area contributed by atoms with Gasteiger partial charge in [-0.2, -0.15) is 0 Å². The number of hydrogen-bond donors (Lipinski definition) is 2. The second kappa shape index (κ2) is 31.4. The minimum atomic E-state index is -1.49. The normalized spacial score (nSPS) is 20.0. The van der Waals surface area contributed by atoms with Crippen LogP contribution in [0.25, 0.3) is 43.1 Å². The minimum absolute atomic E-state index is 0.0202. The lowest BCUT2D eigenvalue weighted by atomic mass is 9.80. The molecule has 4 amide bonds. The lowest BCUT2D eigenvalue weighted by Crippen LogP contribution is -2.53. The smallest absolute Gasteiger partial charge is 0.330 e. The van der Waals surface area contributed by atoms with Crippen LogP contribution in [0.1, 0.15) is 209 Å². The second-order valence-electron chi connectivity index (χ2n) is 37.1.